The summed E-state index contributed by atoms with van der Waals surface area (Å²) in [6, 6.07) is 26.5. The average Bonchev–Trinajstić information content (AvgIpc) is 3.24. The van der Waals surface area contributed by atoms with E-state index in [4.69, 9.17) is 14.7 Å². The zero-order valence-electron chi connectivity index (χ0n) is 18.9. The molecule has 2 heterocycles. The molecule has 5 rings (SSSR count). The lowest BCUT2D eigenvalue weighted by atomic mass is 10.1. The molecule has 0 atom stereocenters. The minimum atomic E-state index is 0.565. The van der Waals surface area contributed by atoms with Crippen LogP contribution in [0.3, 0.4) is 0 Å². The second-order valence-electron chi connectivity index (χ2n) is 8.56. The summed E-state index contributed by atoms with van der Waals surface area (Å²) in [7, 11) is 0. The summed E-state index contributed by atoms with van der Waals surface area (Å²) in [5.41, 5.74) is 4.32. The van der Waals surface area contributed by atoms with E-state index in [1.54, 1.807) is 0 Å². The van der Waals surface area contributed by atoms with Gasteiger partial charge in [-0.2, -0.15) is 0 Å². The predicted molar refractivity (Wildman–Crippen MR) is 134 cm³/mol. The molecule has 0 spiro atoms. The van der Waals surface area contributed by atoms with E-state index in [9.17, 15) is 0 Å². The third kappa shape index (κ3) is 5.49. The molecule has 168 valence electrons. The first-order valence-corrected chi connectivity index (χ1v) is 11.8. The third-order valence-corrected chi connectivity index (χ3v) is 6.18. The number of hydrogen-bond acceptors (Lipinski definition) is 4. The summed E-state index contributed by atoms with van der Waals surface area (Å²) >= 11 is 0. The van der Waals surface area contributed by atoms with Gasteiger partial charge in [-0.1, -0.05) is 48.9 Å². The molecule has 1 aromatic heterocycles. The van der Waals surface area contributed by atoms with E-state index in [2.05, 4.69) is 39.8 Å². The topological polar surface area (TPSA) is 42.7 Å². The molecule has 3 aromatic carbocycles. The minimum Gasteiger partial charge on any atom is -0.489 e. The first-order valence-electron chi connectivity index (χ1n) is 11.8. The maximum atomic E-state index is 5.89. The summed E-state index contributed by atoms with van der Waals surface area (Å²) in [5, 5.41) is 0. The highest BCUT2D eigenvalue weighted by Crippen LogP contribution is 2.22. The first-order chi connectivity index (χ1) is 16.3. The van der Waals surface area contributed by atoms with Gasteiger partial charge >= 0.3 is 0 Å². The molecule has 33 heavy (non-hydrogen) atoms. The summed E-state index contributed by atoms with van der Waals surface area (Å²) in [4.78, 5) is 12.1. The standard InChI is InChI=1S/C28H30N4O/c1-3-9-24(10-4-1)22-33-25-15-13-23(14-16-25)21-29-28-30-26-11-5-6-12-27(26)32(28)20-19-31-17-7-2-8-18-31/h1,3-6,9-16,21H,2,7-8,17-20,22H2. The fraction of sp³-hybridized carbons (Fsp3) is 0.286. The van der Waals surface area contributed by atoms with Crippen molar-refractivity contribution in [3.63, 3.8) is 0 Å². The summed E-state index contributed by atoms with van der Waals surface area (Å²) in [5.74, 6) is 1.61. The molecule has 5 heteroatoms. The van der Waals surface area contributed by atoms with Crippen LogP contribution >= 0.6 is 0 Å². The fourth-order valence-electron chi connectivity index (χ4n) is 4.33. The van der Waals surface area contributed by atoms with Crippen LogP contribution in [0.1, 0.15) is 30.4 Å². The van der Waals surface area contributed by atoms with Crippen molar-refractivity contribution in [1.29, 1.82) is 0 Å². The molecule has 1 aliphatic heterocycles. The summed E-state index contributed by atoms with van der Waals surface area (Å²) in [6.45, 7) is 4.90. The number of ether oxygens (including phenoxy) is 1. The molecule has 0 radical (unpaired) electrons. The van der Waals surface area contributed by atoms with Crippen LogP contribution in [0, 0.1) is 0 Å². The molecule has 0 saturated carbocycles. The van der Waals surface area contributed by atoms with E-state index in [1.807, 2.05) is 54.7 Å². The lowest BCUT2D eigenvalue weighted by Gasteiger charge is -2.26. The molecule has 0 N–H and O–H groups in total. The molecule has 5 nitrogen and oxygen atoms in total. The van der Waals surface area contributed by atoms with Crippen molar-refractivity contribution >= 4 is 23.2 Å². The molecule has 0 aliphatic carbocycles. The van der Waals surface area contributed by atoms with E-state index in [0.29, 0.717) is 6.61 Å². The smallest absolute Gasteiger partial charge is 0.230 e. The third-order valence-electron chi connectivity index (χ3n) is 6.18. The van der Waals surface area contributed by atoms with Crippen molar-refractivity contribution in [2.24, 2.45) is 4.99 Å². The molecule has 0 bridgehead atoms. The first kappa shape index (κ1) is 21.4. The minimum absolute atomic E-state index is 0.565. The van der Waals surface area contributed by atoms with E-state index in [0.717, 1.165) is 46.9 Å². The largest absolute Gasteiger partial charge is 0.489 e. The van der Waals surface area contributed by atoms with Gasteiger partial charge in [-0.25, -0.2) is 9.98 Å². The van der Waals surface area contributed by atoms with Gasteiger partial charge in [-0.3, -0.25) is 0 Å². The van der Waals surface area contributed by atoms with Crippen LogP contribution in [0.15, 0.2) is 83.9 Å². The summed E-state index contributed by atoms with van der Waals surface area (Å²) in [6.07, 6.45) is 5.86. The van der Waals surface area contributed by atoms with Crippen LogP contribution in [-0.2, 0) is 13.2 Å². The Bertz CT molecular complexity index is 1190. The normalized spacial score (nSPS) is 14.8. The van der Waals surface area contributed by atoms with Gasteiger partial charge in [0.25, 0.3) is 0 Å². The van der Waals surface area contributed by atoms with Crippen molar-refractivity contribution in [3.8, 4) is 5.75 Å². The van der Waals surface area contributed by atoms with Crippen LogP contribution in [-0.4, -0.2) is 40.3 Å². The Kier molecular flexibility index (Phi) is 6.78. The van der Waals surface area contributed by atoms with Crippen LogP contribution in [0.25, 0.3) is 11.0 Å². The van der Waals surface area contributed by atoms with Gasteiger partial charge in [0, 0.05) is 19.3 Å². The number of aromatic nitrogens is 2. The molecule has 0 unspecified atom stereocenters. The molecule has 1 saturated heterocycles. The Morgan fingerprint density at radius 2 is 1.58 bits per heavy atom. The zero-order chi connectivity index (χ0) is 22.3. The van der Waals surface area contributed by atoms with Crippen molar-refractivity contribution in [2.75, 3.05) is 19.6 Å². The van der Waals surface area contributed by atoms with Crippen molar-refractivity contribution in [3.05, 3.63) is 90.0 Å². The number of nitrogens with zero attached hydrogens (tertiary/aromatic N) is 4. The van der Waals surface area contributed by atoms with E-state index < -0.39 is 0 Å². The van der Waals surface area contributed by atoms with Crippen LogP contribution in [0.4, 0.5) is 5.95 Å². The number of likely N-dealkylation sites (tertiary alicyclic amines) is 1. The highest BCUT2D eigenvalue weighted by molar-refractivity contribution is 5.83. The Balaban J connectivity index is 1.28. The highest BCUT2D eigenvalue weighted by atomic mass is 16.5. The fourth-order valence-corrected chi connectivity index (χ4v) is 4.33. The highest BCUT2D eigenvalue weighted by Gasteiger charge is 2.13. The van der Waals surface area contributed by atoms with E-state index >= 15 is 0 Å². The lowest BCUT2D eigenvalue weighted by Crippen LogP contribution is -2.32. The van der Waals surface area contributed by atoms with Crippen molar-refractivity contribution < 1.29 is 4.74 Å². The lowest BCUT2D eigenvalue weighted by molar-refractivity contribution is 0.222. The number of fused-ring (bicyclic) bond motifs is 1. The Labute approximate surface area is 195 Å². The number of aliphatic imine (C=N–C) groups is 1. The maximum absolute atomic E-state index is 5.89. The van der Waals surface area contributed by atoms with Gasteiger partial charge in [0.2, 0.25) is 5.95 Å². The molecule has 0 amide bonds. The van der Waals surface area contributed by atoms with Gasteiger partial charge in [0.1, 0.15) is 12.4 Å². The van der Waals surface area contributed by atoms with Gasteiger partial charge in [0.15, 0.2) is 0 Å². The zero-order valence-corrected chi connectivity index (χ0v) is 18.9. The monoisotopic (exact) mass is 438 g/mol. The van der Waals surface area contributed by atoms with Crippen molar-refractivity contribution in [1.82, 2.24) is 14.5 Å². The number of benzene rings is 3. The SMILES string of the molecule is C(=Nc1nc2ccccc2n1CCN1CCCCC1)c1ccc(OCc2ccccc2)cc1. The Morgan fingerprint density at radius 1 is 0.818 bits per heavy atom. The quantitative estimate of drug-likeness (QED) is 0.324. The number of hydrogen-bond donors (Lipinski definition) is 0. The number of imidazole rings is 1. The van der Waals surface area contributed by atoms with Gasteiger partial charge in [-0.05, 0) is 73.5 Å². The maximum Gasteiger partial charge on any atom is 0.230 e. The average molecular weight is 439 g/mol. The van der Waals surface area contributed by atoms with E-state index in [1.165, 1.54) is 32.4 Å². The van der Waals surface area contributed by atoms with Crippen LogP contribution in [0.5, 0.6) is 5.75 Å². The number of rotatable bonds is 8. The van der Waals surface area contributed by atoms with Crippen molar-refractivity contribution in [2.45, 2.75) is 32.4 Å². The van der Waals surface area contributed by atoms with Gasteiger partial charge in [0.05, 0.1) is 11.0 Å². The van der Waals surface area contributed by atoms with E-state index in [-0.39, 0.29) is 0 Å². The van der Waals surface area contributed by atoms with Gasteiger partial charge in [-0.15, -0.1) is 0 Å². The molecule has 1 fully saturated rings. The molecule has 1 aliphatic rings. The Hall–Kier alpha value is -3.44. The molecule has 4 aromatic rings. The second-order valence-corrected chi connectivity index (χ2v) is 8.56. The van der Waals surface area contributed by atoms with Crippen LogP contribution in [0.2, 0.25) is 0 Å². The van der Waals surface area contributed by atoms with Gasteiger partial charge < -0.3 is 14.2 Å². The predicted octanol–water partition coefficient (Wildman–Crippen LogP) is 5.85. The summed E-state index contributed by atoms with van der Waals surface area (Å²) < 4.78 is 8.14. The number of piperidine rings is 1. The second kappa shape index (κ2) is 10.5. The van der Waals surface area contributed by atoms with Crippen LogP contribution < -0.4 is 4.74 Å². The molecular weight excluding hydrogens is 408 g/mol. The Morgan fingerprint density at radius 3 is 2.39 bits per heavy atom. The molecular formula is C28H30N4O. The number of para-hydroxylation sites is 2.